The number of hydrogen-bond donors (Lipinski definition) is 1. The van der Waals surface area contributed by atoms with Crippen molar-refractivity contribution < 1.29 is 4.74 Å². The molecular weight excluding hydrogens is 208 g/mol. The summed E-state index contributed by atoms with van der Waals surface area (Å²) in [4.78, 5) is 15.1. The van der Waals surface area contributed by atoms with E-state index in [1.807, 2.05) is 24.3 Å². The lowest BCUT2D eigenvalue weighted by Gasteiger charge is -2.19. The standard InChI is InChI=1S/C10H8N4O2/c1-14-10(15)12-8-9(13-14)16-7-5-3-2-4-6(7)11-8/h2-5H,1H3,(H,11,12,15). The van der Waals surface area contributed by atoms with E-state index in [-0.39, 0.29) is 0 Å². The van der Waals surface area contributed by atoms with Crippen molar-refractivity contribution in [3.63, 3.8) is 0 Å². The fourth-order valence-corrected chi connectivity index (χ4v) is 1.48. The Balaban J connectivity index is 2.16. The van der Waals surface area contributed by atoms with Crippen molar-refractivity contribution in [3.05, 3.63) is 34.7 Å². The first-order valence-electron chi connectivity index (χ1n) is 4.73. The van der Waals surface area contributed by atoms with Crippen LogP contribution in [-0.2, 0) is 7.05 Å². The van der Waals surface area contributed by atoms with Crippen molar-refractivity contribution in [2.75, 3.05) is 5.32 Å². The number of rotatable bonds is 0. The lowest BCUT2D eigenvalue weighted by molar-refractivity contribution is 0.432. The number of benzene rings is 1. The Morgan fingerprint density at radius 2 is 2.19 bits per heavy atom. The van der Waals surface area contributed by atoms with Crippen molar-refractivity contribution in [1.29, 1.82) is 0 Å². The monoisotopic (exact) mass is 216 g/mol. The van der Waals surface area contributed by atoms with Gasteiger partial charge in [-0.25, -0.2) is 9.48 Å². The molecule has 2 heterocycles. The minimum Gasteiger partial charge on any atom is -0.433 e. The summed E-state index contributed by atoms with van der Waals surface area (Å²) in [7, 11) is 1.53. The maximum atomic E-state index is 11.3. The molecule has 1 aromatic heterocycles. The second-order valence-corrected chi connectivity index (χ2v) is 3.39. The normalized spacial score (nSPS) is 12.1. The predicted molar refractivity (Wildman–Crippen MR) is 57.1 cm³/mol. The van der Waals surface area contributed by atoms with Gasteiger partial charge in [0.2, 0.25) is 5.82 Å². The molecule has 0 saturated heterocycles. The Kier molecular flexibility index (Phi) is 1.70. The Hall–Kier alpha value is -2.37. The highest BCUT2D eigenvalue weighted by Crippen LogP contribution is 2.37. The number of fused-ring (bicyclic) bond motifs is 2. The summed E-state index contributed by atoms with van der Waals surface area (Å²) in [5, 5.41) is 6.97. The maximum absolute atomic E-state index is 11.3. The molecule has 2 aromatic rings. The molecule has 1 aliphatic heterocycles. The van der Waals surface area contributed by atoms with Crippen molar-refractivity contribution in [2.24, 2.45) is 7.05 Å². The first-order valence-corrected chi connectivity index (χ1v) is 4.73. The molecule has 0 fully saturated rings. The van der Waals surface area contributed by atoms with E-state index in [9.17, 15) is 4.79 Å². The second-order valence-electron chi connectivity index (χ2n) is 3.39. The number of nitrogens with zero attached hydrogens (tertiary/aromatic N) is 3. The first kappa shape index (κ1) is 8.90. The third-order valence-corrected chi connectivity index (χ3v) is 2.27. The lowest BCUT2D eigenvalue weighted by atomic mass is 10.2. The Labute approximate surface area is 90.5 Å². The molecule has 16 heavy (non-hydrogen) atoms. The molecule has 1 aliphatic rings. The van der Waals surface area contributed by atoms with Gasteiger partial charge in [0.1, 0.15) is 0 Å². The van der Waals surface area contributed by atoms with Crippen LogP contribution in [0, 0.1) is 0 Å². The Morgan fingerprint density at radius 3 is 3.06 bits per heavy atom. The van der Waals surface area contributed by atoms with Crippen LogP contribution in [0.1, 0.15) is 0 Å². The van der Waals surface area contributed by atoms with E-state index >= 15 is 0 Å². The minimum atomic E-state index is -0.422. The van der Waals surface area contributed by atoms with Crippen LogP contribution in [0.25, 0.3) is 0 Å². The summed E-state index contributed by atoms with van der Waals surface area (Å²) in [6.07, 6.45) is 0. The number of nitrogens with one attached hydrogen (secondary N) is 1. The highest BCUT2D eigenvalue weighted by atomic mass is 16.5. The van der Waals surface area contributed by atoms with E-state index in [4.69, 9.17) is 4.74 Å². The van der Waals surface area contributed by atoms with Crippen LogP contribution in [0.4, 0.5) is 11.5 Å². The van der Waals surface area contributed by atoms with Gasteiger partial charge in [0.05, 0.1) is 5.69 Å². The van der Waals surface area contributed by atoms with Crippen molar-refractivity contribution in [3.8, 4) is 11.6 Å². The van der Waals surface area contributed by atoms with Gasteiger partial charge in [-0.3, -0.25) is 0 Å². The molecule has 0 saturated carbocycles. The van der Waals surface area contributed by atoms with Gasteiger partial charge in [0, 0.05) is 7.05 Å². The summed E-state index contributed by atoms with van der Waals surface area (Å²) < 4.78 is 6.65. The smallest absolute Gasteiger partial charge is 0.365 e. The van der Waals surface area contributed by atoms with E-state index in [1.165, 1.54) is 7.05 Å². The summed E-state index contributed by atoms with van der Waals surface area (Å²) in [6.45, 7) is 0. The molecule has 6 heteroatoms. The topological polar surface area (TPSA) is 69.0 Å². The van der Waals surface area contributed by atoms with Crippen molar-refractivity contribution in [2.45, 2.75) is 0 Å². The Morgan fingerprint density at radius 1 is 1.38 bits per heavy atom. The molecule has 0 bridgehead atoms. The van der Waals surface area contributed by atoms with Gasteiger partial charge in [0.15, 0.2) is 5.75 Å². The van der Waals surface area contributed by atoms with Crippen LogP contribution < -0.4 is 15.7 Å². The maximum Gasteiger partial charge on any atom is 0.365 e. The van der Waals surface area contributed by atoms with Gasteiger partial charge in [-0.1, -0.05) is 12.1 Å². The van der Waals surface area contributed by atoms with E-state index in [0.29, 0.717) is 17.4 Å². The van der Waals surface area contributed by atoms with Crippen LogP contribution in [0.5, 0.6) is 11.6 Å². The van der Waals surface area contributed by atoms with Crippen molar-refractivity contribution >= 4 is 11.5 Å². The third-order valence-electron chi connectivity index (χ3n) is 2.27. The minimum absolute atomic E-state index is 0.306. The molecule has 3 rings (SSSR count). The van der Waals surface area contributed by atoms with Gasteiger partial charge in [-0.05, 0) is 12.1 Å². The van der Waals surface area contributed by atoms with Gasteiger partial charge in [-0.2, -0.15) is 4.98 Å². The molecule has 0 spiro atoms. The largest absolute Gasteiger partial charge is 0.433 e. The highest BCUT2D eigenvalue weighted by Gasteiger charge is 2.19. The molecule has 6 nitrogen and oxygen atoms in total. The molecule has 1 N–H and O–H groups in total. The fraction of sp³-hybridized carbons (Fsp3) is 0.100. The van der Waals surface area contributed by atoms with E-state index in [0.717, 1.165) is 10.4 Å². The summed E-state index contributed by atoms with van der Waals surface area (Å²) in [6, 6.07) is 7.39. The van der Waals surface area contributed by atoms with E-state index in [1.54, 1.807) is 0 Å². The predicted octanol–water partition coefficient (Wildman–Crippen LogP) is 1.02. The number of para-hydroxylation sites is 2. The molecule has 0 atom stereocenters. The number of aryl methyl sites for hydroxylation is 1. The first-order chi connectivity index (χ1) is 7.74. The molecule has 0 radical (unpaired) electrons. The second kappa shape index (κ2) is 3.06. The number of anilines is 2. The van der Waals surface area contributed by atoms with Crippen LogP contribution >= 0.6 is 0 Å². The average molecular weight is 216 g/mol. The fourth-order valence-electron chi connectivity index (χ4n) is 1.48. The Bertz CT molecular complexity index is 620. The van der Waals surface area contributed by atoms with E-state index in [2.05, 4.69) is 15.4 Å². The van der Waals surface area contributed by atoms with Crippen LogP contribution in [-0.4, -0.2) is 14.8 Å². The van der Waals surface area contributed by atoms with Gasteiger partial charge in [0.25, 0.3) is 5.88 Å². The molecule has 80 valence electrons. The summed E-state index contributed by atoms with van der Waals surface area (Å²) >= 11 is 0. The van der Waals surface area contributed by atoms with E-state index < -0.39 is 5.69 Å². The molecule has 0 unspecified atom stereocenters. The zero-order valence-electron chi connectivity index (χ0n) is 8.47. The zero-order chi connectivity index (χ0) is 11.1. The molecule has 0 amide bonds. The van der Waals surface area contributed by atoms with Crippen molar-refractivity contribution in [1.82, 2.24) is 14.8 Å². The van der Waals surface area contributed by atoms with Gasteiger partial charge in [-0.15, -0.1) is 5.10 Å². The molecular formula is C10H8N4O2. The SMILES string of the molecule is Cn1nc2c(nc1=O)Nc1ccccc1O2. The molecule has 0 aliphatic carbocycles. The van der Waals surface area contributed by atoms with Gasteiger partial charge < -0.3 is 10.1 Å². The van der Waals surface area contributed by atoms with Crippen LogP contribution in [0.2, 0.25) is 0 Å². The zero-order valence-corrected chi connectivity index (χ0v) is 8.47. The number of hydrogen-bond acceptors (Lipinski definition) is 5. The highest BCUT2D eigenvalue weighted by molar-refractivity contribution is 5.70. The summed E-state index contributed by atoms with van der Waals surface area (Å²) in [5.74, 6) is 1.32. The summed E-state index contributed by atoms with van der Waals surface area (Å²) in [5.41, 5.74) is 0.354. The van der Waals surface area contributed by atoms with Crippen LogP contribution in [0.15, 0.2) is 29.1 Å². The number of aromatic nitrogens is 3. The lowest BCUT2D eigenvalue weighted by Crippen LogP contribution is -2.25. The number of ether oxygens (including phenoxy) is 1. The quantitative estimate of drug-likeness (QED) is 0.607. The average Bonchev–Trinajstić information content (AvgIpc) is 2.28. The molecule has 1 aromatic carbocycles. The van der Waals surface area contributed by atoms with Gasteiger partial charge >= 0.3 is 5.69 Å². The third kappa shape index (κ3) is 1.23. The van der Waals surface area contributed by atoms with Crippen LogP contribution in [0.3, 0.4) is 0 Å².